The average Bonchev–Trinajstić information content (AvgIpc) is 3.62. The fraction of sp³-hybridized carbons (Fsp3) is 0.0189. The summed E-state index contributed by atoms with van der Waals surface area (Å²) in [6.07, 6.45) is 0.908. The lowest BCUT2D eigenvalue weighted by Crippen LogP contribution is -1.92. The van der Waals surface area contributed by atoms with Crippen molar-refractivity contribution in [1.82, 2.24) is 0 Å². The van der Waals surface area contributed by atoms with Crippen molar-refractivity contribution < 1.29 is 0 Å². The molecule has 1 heteroatoms. The Balaban J connectivity index is 1.12. The highest BCUT2D eigenvalue weighted by Gasteiger charge is 2.17. The molecule has 1 heterocycles. The Morgan fingerprint density at radius 3 is 1.63 bits per heavy atom. The summed E-state index contributed by atoms with van der Waals surface area (Å²) in [5, 5.41) is 12.9. The molecule has 0 aliphatic carbocycles. The van der Waals surface area contributed by atoms with Crippen molar-refractivity contribution >= 4 is 74.6 Å². The minimum atomic E-state index is 0.908. The summed E-state index contributed by atoms with van der Waals surface area (Å²) in [6, 6.07) is 72.1. The number of hydrogen-bond acceptors (Lipinski definition) is 1. The highest BCUT2D eigenvalue weighted by molar-refractivity contribution is 7.26. The zero-order valence-electron chi connectivity index (χ0n) is 29.6. The minimum absolute atomic E-state index is 0.908. The van der Waals surface area contributed by atoms with Crippen LogP contribution < -0.4 is 0 Å². The molecular weight excluding hydrogens is 669 g/mol. The van der Waals surface area contributed by atoms with E-state index >= 15 is 0 Å². The van der Waals surface area contributed by atoms with Crippen LogP contribution in [0.25, 0.3) is 96.6 Å². The van der Waals surface area contributed by atoms with Gasteiger partial charge in [0.25, 0.3) is 0 Å². The highest BCUT2D eigenvalue weighted by Crippen LogP contribution is 2.45. The second kappa shape index (κ2) is 12.6. The SMILES string of the molecule is c1ccc(Cc2cc3ccccc3c3cc(-c4ccc5c(-c6cc(-c7ccccc7)c7sc8ccccc8c7c6)cc6ccccc6c5c4)ccc23)cc1. The summed E-state index contributed by atoms with van der Waals surface area (Å²) in [5.74, 6) is 0. The van der Waals surface area contributed by atoms with Crippen molar-refractivity contribution in [3.8, 4) is 33.4 Å². The van der Waals surface area contributed by atoms with E-state index in [4.69, 9.17) is 0 Å². The second-order valence-corrected chi connectivity index (χ2v) is 15.5. The van der Waals surface area contributed by atoms with Crippen molar-refractivity contribution in [2.75, 3.05) is 0 Å². The van der Waals surface area contributed by atoms with Gasteiger partial charge in [0.1, 0.15) is 0 Å². The monoisotopic (exact) mass is 702 g/mol. The summed E-state index contributed by atoms with van der Waals surface area (Å²) < 4.78 is 2.67. The van der Waals surface area contributed by atoms with Crippen LogP contribution in [0.2, 0.25) is 0 Å². The van der Waals surface area contributed by atoms with E-state index in [-0.39, 0.29) is 0 Å². The molecule has 0 fully saturated rings. The third-order valence-corrected chi connectivity index (χ3v) is 12.5. The number of fused-ring (bicyclic) bond motifs is 9. The first kappa shape index (κ1) is 31.0. The molecule has 0 unspecified atom stereocenters. The average molecular weight is 703 g/mol. The second-order valence-electron chi connectivity index (χ2n) is 14.4. The van der Waals surface area contributed by atoms with E-state index in [1.54, 1.807) is 0 Å². The zero-order chi connectivity index (χ0) is 35.6. The molecule has 0 aliphatic rings. The van der Waals surface area contributed by atoms with Crippen LogP contribution in [0.1, 0.15) is 11.1 Å². The van der Waals surface area contributed by atoms with Crippen LogP contribution in [0.5, 0.6) is 0 Å². The van der Waals surface area contributed by atoms with Crippen molar-refractivity contribution in [2.45, 2.75) is 6.42 Å². The zero-order valence-corrected chi connectivity index (χ0v) is 30.4. The molecule has 0 N–H and O–H groups in total. The molecule has 0 amide bonds. The molecule has 11 aromatic rings. The number of hydrogen-bond donors (Lipinski definition) is 0. The first-order valence-electron chi connectivity index (χ1n) is 18.7. The summed E-state index contributed by atoms with van der Waals surface area (Å²) in [7, 11) is 0. The van der Waals surface area contributed by atoms with Gasteiger partial charge in [-0.1, -0.05) is 158 Å². The van der Waals surface area contributed by atoms with Gasteiger partial charge in [0.15, 0.2) is 0 Å². The van der Waals surface area contributed by atoms with Crippen LogP contribution >= 0.6 is 11.3 Å². The van der Waals surface area contributed by atoms with Gasteiger partial charge in [-0.3, -0.25) is 0 Å². The Labute approximate surface area is 318 Å². The van der Waals surface area contributed by atoms with E-state index in [9.17, 15) is 0 Å². The van der Waals surface area contributed by atoms with E-state index < -0.39 is 0 Å². The van der Waals surface area contributed by atoms with Crippen LogP contribution in [-0.2, 0) is 6.42 Å². The van der Waals surface area contributed by atoms with Crippen molar-refractivity contribution in [1.29, 1.82) is 0 Å². The van der Waals surface area contributed by atoms with Gasteiger partial charge < -0.3 is 0 Å². The Hall–Kier alpha value is -6.54. The Morgan fingerprint density at radius 2 is 0.889 bits per heavy atom. The molecule has 0 bridgehead atoms. The molecule has 0 atom stereocenters. The van der Waals surface area contributed by atoms with E-state index in [0.717, 1.165) is 6.42 Å². The van der Waals surface area contributed by atoms with E-state index in [2.05, 4.69) is 194 Å². The standard InChI is InChI=1S/C53H34S/c1-3-13-34(14-4-1)27-40-28-38-17-7-9-19-42(38)49-29-36(23-25-44(40)49)37-24-26-45-47(31-39-18-8-10-20-43(39)50(45)30-37)41-32-48(35-15-5-2-6-16-35)53-51(33-41)46-21-11-12-22-52(46)54-53/h1-26,28-33H,27H2. The molecule has 0 saturated carbocycles. The minimum Gasteiger partial charge on any atom is -0.135 e. The third kappa shape index (κ3) is 5.12. The molecule has 0 radical (unpaired) electrons. The predicted octanol–water partition coefficient (Wildman–Crippen LogP) is 15.3. The summed E-state index contributed by atoms with van der Waals surface area (Å²) in [6.45, 7) is 0. The van der Waals surface area contributed by atoms with Gasteiger partial charge >= 0.3 is 0 Å². The number of thiophene rings is 1. The van der Waals surface area contributed by atoms with Crippen LogP contribution in [0.3, 0.4) is 0 Å². The van der Waals surface area contributed by atoms with Gasteiger partial charge in [-0.25, -0.2) is 0 Å². The van der Waals surface area contributed by atoms with Crippen LogP contribution in [0, 0.1) is 0 Å². The fourth-order valence-electron chi connectivity index (χ4n) is 8.66. The predicted molar refractivity (Wildman–Crippen MR) is 235 cm³/mol. The fourth-order valence-corrected chi connectivity index (χ4v) is 9.88. The van der Waals surface area contributed by atoms with Crippen molar-refractivity contribution in [3.05, 3.63) is 205 Å². The van der Waals surface area contributed by atoms with Crippen molar-refractivity contribution in [3.63, 3.8) is 0 Å². The van der Waals surface area contributed by atoms with Gasteiger partial charge in [0.05, 0.1) is 0 Å². The lowest BCUT2D eigenvalue weighted by atomic mass is 9.88. The van der Waals surface area contributed by atoms with E-state index in [1.807, 2.05) is 11.3 Å². The Morgan fingerprint density at radius 1 is 0.315 bits per heavy atom. The number of rotatable bonds is 5. The van der Waals surface area contributed by atoms with Gasteiger partial charge in [0.2, 0.25) is 0 Å². The maximum Gasteiger partial charge on any atom is 0.0434 e. The molecule has 1 aromatic heterocycles. The maximum atomic E-state index is 2.43. The Kier molecular flexibility index (Phi) is 7.21. The highest BCUT2D eigenvalue weighted by atomic mass is 32.1. The molecule has 252 valence electrons. The molecule has 0 saturated heterocycles. The van der Waals surface area contributed by atoms with E-state index in [0.29, 0.717) is 0 Å². The lowest BCUT2D eigenvalue weighted by Gasteiger charge is -2.16. The summed E-state index contributed by atoms with van der Waals surface area (Å²) in [4.78, 5) is 0. The molecule has 0 nitrogen and oxygen atoms in total. The molecule has 0 aliphatic heterocycles. The molecule has 10 aromatic carbocycles. The normalized spacial score (nSPS) is 11.8. The van der Waals surface area contributed by atoms with E-state index in [1.165, 1.54) is 108 Å². The van der Waals surface area contributed by atoms with Gasteiger partial charge in [-0.05, 0) is 125 Å². The van der Waals surface area contributed by atoms with Gasteiger partial charge in [-0.15, -0.1) is 11.3 Å². The van der Waals surface area contributed by atoms with Crippen LogP contribution in [-0.4, -0.2) is 0 Å². The number of benzene rings is 10. The first-order chi connectivity index (χ1) is 26.7. The molecule has 54 heavy (non-hydrogen) atoms. The summed E-state index contributed by atoms with van der Waals surface area (Å²) in [5.41, 5.74) is 10.2. The topological polar surface area (TPSA) is 0 Å². The third-order valence-electron chi connectivity index (χ3n) is 11.3. The Bertz CT molecular complexity index is 3220. The van der Waals surface area contributed by atoms with Crippen molar-refractivity contribution in [2.24, 2.45) is 0 Å². The van der Waals surface area contributed by atoms with Crippen LogP contribution in [0.4, 0.5) is 0 Å². The first-order valence-corrected chi connectivity index (χ1v) is 19.5. The van der Waals surface area contributed by atoms with Crippen LogP contribution in [0.15, 0.2) is 194 Å². The smallest absolute Gasteiger partial charge is 0.0434 e. The largest absolute Gasteiger partial charge is 0.135 e. The lowest BCUT2D eigenvalue weighted by molar-refractivity contribution is 1.22. The molecule has 0 spiro atoms. The quantitative estimate of drug-likeness (QED) is 0.157. The molecular formula is C53H34S. The van der Waals surface area contributed by atoms with Gasteiger partial charge in [0, 0.05) is 25.7 Å². The summed E-state index contributed by atoms with van der Waals surface area (Å²) >= 11 is 1.90. The maximum absolute atomic E-state index is 2.43. The van der Waals surface area contributed by atoms with Gasteiger partial charge in [-0.2, -0.15) is 0 Å². The molecule has 11 rings (SSSR count).